The molecule has 6 nitrogen and oxygen atoms in total. The summed E-state index contributed by atoms with van der Waals surface area (Å²) in [6, 6.07) is 8.75. The maximum absolute atomic E-state index is 5.43. The Morgan fingerprint density at radius 3 is 2.63 bits per heavy atom. The van der Waals surface area contributed by atoms with Gasteiger partial charge in [0.1, 0.15) is 0 Å². The number of hydrogen-bond acceptors (Lipinski definition) is 5. The average molecular weight is 388 g/mol. The van der Waals surface area contributed by atoms with Gasteiger partial charge in [0.2, 0.25) is 0 Å². The van der Waals surface area contributed by atoms with Crippen LogP contribution < -0.4 is 10.6 Å². The van der Waals surface area contributed by atoms with E-state index >= 15 is 0 Å². The third-order valence-corrected chi connectivity index (χ3v) is 5.67. The van der Waals surface area contributed by atoms with Gasteiger partial charge in [0.05, 0.1) is 30.5 Å². The molecule has 1 saturated heterocycles. The topological polar surface area (TPSA) is 61.8 Å². The van der Waals surface area contributed by atoms with Crippen LogP contribution in [-0.4, -0.2) is 49.2 Å². The normalized spacial score (nSPS) is 15.7. The Balaban J connectivity index is 1.50. The van der Waals surface area contributed by atoms with E-state index in [-0.39, 0.29) is 0 Å². The molecular weight excluding hydrogens is 358 g/mol. The molecule has 3 rings (SSSR count). The van der Waals surface area contributed by atoms with Crippen molar-refractivity contribution >= 4 is 17.3 Å². The van der Waals surface area contributed by atoms with Crippen molar-refractivity contribution < 1.29 is 4.74 Å². The number of nitrogens with one attached hydrogen (secondary N) is 2. The Kier molecular flexibility index (Phi) is 7.20. The largest absolute Gasteiger partial charge is 0.379 e. The highest BCUT2D eigenvalue weighted by Gasteiger charge is 2.11. The Hall–Kier alpha value is -1.96. The van der Waals surface area contributed by atoms with E-state index in [0.29, 0.717) is 0 Å². The molecule has 2 heterocycles. The van der Waals surface area contributed by atoms with Gasteiger partial charge in [-0.05, 0) is 25.0 Å². The number of benzene rings is 1. The van der Waals surface area contributed by atoms with E-state index in [0.717, 1.165) is 62.6 Å². The minimum absolute atomic E-state index is 0.744. The minimum atomic E-state index is 0.744. The molecule has 1 aliphatic rings. The molecular formula is C20H29N5OS. The van der Waals surface area contributed by atoms with Crippen LogP contribution >= 0.6 is 11.3 Å². The number of nitrogens with zero attached hydrogens (tertiary/aromatic N) is 3. The quantitative estimate of drug-likeness (QED) is 0.589. The summed E-state index contributed by atoms with van der Waals surface area (Å²) < 4.78 is 5.43. The van der Waals surface area contributed by atoms with E-state index < -0.39 is 0 Å². The molecule has 0 radical (unpaired) electrons. The number of hydrogen-bond donors (Lipinski definition) is 2. The van der Waals surface area contributed by atoms with Crippen LogP contribution in [0.2, 0.25) is 0 Å². The van der Waals surface area contributed by atoms with Crippen LogP contribution in [0.15, 0.2) is 29.3 Å². The third kappa shape index (κ3) is 6.02. The maximum Gasteiger partial charge on any atom is 0.191 e. The molecule has 1 aromatic carbocycles. The van der Waals surface area contributed by atoms with Crippen molar-refractivity contribution in [3.63, 3.8) is 0 Å². The van der Waals surface area contributed by atoms with Gasteiger partial charge in [0.25, 0.3) is 0 Å². The van der Waals surface area contributed by atoms with Crippen LogP contribution in [0, 0.1) is 13.8 Å². The fraction of sp³-hybridized carbons (Fsp3) is 0.500. The number of ether oxygens (including phenoxy) is 1. The molecule has 0 spiro atoms. The zero-order chi connectivity index (χ0) is 19.1. The number of aromatic nitrogens is 1. The Bertz CT molecular complexity index is 767. The summed E-state index contributed by atoms with van der Waals surface area (Å²) in [6.45, 7) is 10.3. The van der Waals surface area contributed by atoms with E-state index in [2.05, 4.69) is 56.7 Å². The molecule has 0 bridgehead atoms. The second-order valence-corrected chi connectivity index (χ2v) is 8.02. The lowest BCUT2D eigenvalue weighted by atomic mass is 10.1. The fourth-order valence-corrected chi connectivity index (χ4v) is 4.04. The first kappa shape index (κ1) is 19.8. The summed E-state index contributed by atoms with van der Waals surface area (Å²) in [5.41, 5.74) is 3.69. The Morgan fingerprint density at radius 2 is 1.93 bits per heavy atom. The molecule has 0 aliphatic carbocycles. The van der Waals surface area contributed by atoms with E-state index in [9.17, 15) is 0 Å². The van der Waals surface area contributed by atoms with Crippen molar-refractivity contribution in [3.8, 4) is 0 Å². The van der Waals surface area contributed by atoms with Gasteiger partial charge in [-0.25, -0.2) is 4.98 Å². The zero-order valence-corrected chi connectivity index (χ0v) is 17.2. The van der Waals surface area contributed by atoms with Crippen LogP contribution in [0.3, 0.4) is 0 Å². The lowest BCUT2D eigenvalue weighted by Crippen LogP contribution is -2.36. The molecule has 2 N–H and O–H groups in total. The van der Waals surface area contributed by atoms with Crippen molar-refractivity contribution in [1.82, 2.24) is 20.5 Å². The minimum Gasteiger partial charge on any atom is -0.379 e. The van der Waals surface area contributed by atoms with Crippen molar-refractivity contribution in [1.29, 1.82) is 0 Å². The van der Waals surface area contributed by atoms with Gasteiger partial charge in [-0.15, -0.1) is 11.3 Å². The van der Waals surface area contributed by atoms with Crippen LogP contribution in [0.4, 0.5) is 0 Å². The molecule has 2 aromatic rings. The number of guanidine groups is 1. The van der Waals surface area contributed by atoms with Gasteiger partial charge >= 0.3 is 0 Å². The fourth-order valence-electron chi connectivity index (χ4n) is 3.16. The highest BCUT2D eigenvalue weighted by Crippen LogP contribution is 2.16. The molecule has 0 unspecified atom stereocenters. The molecule has 1 fully saturated rings. The summed E-state index contributed by atoms with van der Waals surface area (Å²) in [5.74, 6) is 0.805. The first-order valence-electron chi connectivity index (χ1n) is 9.39. The van der Waals surface area contributed by atoms with Crippen LogP contribution in [0.5, 0.6) is 0 Å². The monoisotopic (exact) mass is 387 g/mol. The SMILES string of the molecule is CN=C(NCc1cccc(CN2CCOCC2)c1)NCc1sc(C)nc1C. The lowest BCUT2D eigenvalue weighted by molar-refractivity contribution is 0.0342. The molecule has 7 heteroatoms. The third-order valence-electron chi connectivity index (χ3n) is 4.60. The van der Waals surface area contributed by atoms with Crippen LogP contribution in [0.25, 0.3) is 0 Å². The number of morpholine rings is 1. The van der Waals surface area contributed by atoms with Gasteiger partial charge in [0.15, 0.2) is 5.96 Å². The van der Waals surface area contributed by atoms with Gasteiger partial charge in [0, 0.05) is 38.1 Å². The molecule has 146 valence electrons. The van der Waals surface area contributed by atoms with Crippen molar-refractivity contribution in [2.45, 2.75) is 33.5 Å². The van der Waals surface area contributed by atoms with E-state index in [1.54, 1.807) is 18.4 Å². The van der Waals surface area contributed by atoms with Gasteiger partial charge in [-0.1, -0.05) is 24.3 Å². The standard InChI is InChI=1S/C20H29N5OS/c1-15-19(27-16(2)24-15)13-23-20(21-3)22-12-17-5-4-6-18(11-17)14-25-7-9-26-10-8-25/h4-6,11H,7-10,12-14H2,1-3H3,(H2,21,22,23). The Labute approximate surface area is 165 Å². The average Bonchev–Trinajstić information content (AvgIpc) is 3.00. The summed E-state index contributed by atoms with van der Waals surface area (Å²) in [4.78, 5) is 12.5. The molecule has 0 saturated carbocycles. The number of aliphatic imine (C=N–C) groups is 1. The summed E-state index contributed by atoms with van der Waals surface area (Å²) in [5, 5.41) is 7.88. The van der Waals surface area contributed by atoms with E-state index in [4.69, 9.17) is 4.74 Å². The predicted molar refractivity (Wildman–Crippen MR) is 111 cm³/mol. The highest BCUT2D eigenvalue weighted by molar-refractivity contribution is 7.11. The smallest absolute Gasteiger partial charge is 0.191 e. The van der Waals surface area contributed by atoms with E-state index in [1.165, 1.54) is 16.0 Å². The molecule has 0 amide bonds. The van der Waals surface area contributed by atoms with E-state index in [1.807, 2.05) is 6.92 Å². The zero-order valence-electron chi connectivity index (χ0n) is 16.4. The predicted octanol–water partition coefficient (Wildman–Crippen LogP) is 2.46. The molecule has 1 aromatic heterocycles. The van der Waals surface area contributed by atoms with Crippen molar-refractivity contribution in [3.05, 3.63) is 51.0 Å². The summed E-state index contributed by atoms with van der Waals surface area (Å²) in [7, 11) is 1.80. The Morgan fingerprint density at radius 1 is 1.19 bits per heavy atom. The molecule has 27 heavy (non-hydrogen) atoms. The second kappa shape index (κ2) is 9.82. The first-order valence-corrected chi connectivity index (χ1v) is 10.2. The van der Waals surface area contributed by atoms with Gasteiger partial charge in [-0.3, -0.25) is 9.89 Å². The number of rotatable bonds is 6. The highest BCUT2D eigenvalue weighted by atomic mass is 32.1. The maximum atomic E-state index is 5.43. The molecule has 1 aliphatic heterocycles. The van der Waals surface area contributed by atoms with Crippen molar-refractivity contribution in [2.75, 3.05) is 33.4 Å². The molecule has 0 atom stereocenters. The van der Waals surface area contributed by atoms with Crippen molar-refractivity contribution in [2.24, 2.45) is 4.99 Å². The summed E-state index contributed by atoms with van der Waals surface area (Å²) >= 11 is 1.73. The second-order valence-electron chi connectivity index (χ2n) is 6.73. The lowest BCUT2D eigenvalue weighted by Gasteiger charge is -2.26. The van der Waals surface area contributed by atoms with Crippen LogP contribution in [0.1, 0.15) is 26.7 Å². The van der Waals surface area contributed by atoms with Gasteiger partial charge in [-0.2, -0.15) is 0 Å². The summed E-state index contributed by atoms with van der Waals surface area (Å²) in [6.07, 6.45) is 0. The van der Waals surface area contributed by atoms with Crippen LogP contribution in [-0.2, 0) is 24.4 Å². The number of aryl methyl sites for hydroxylation is 2. The van der Waals surface area contributed by atoms with Gasteiger partial charge < -0.3 is 15.4 Å². The first-order chi connectivity index (χ1) is 13.1. The number of thiazole rings is 1.